The molecule has 0 radical (unpaired) electrons. The van der Waals surface area contributed by atoms with Crippen LogP contribution in [0.5, 0.6) is 11.5 Å². The van der Waals surface area contributed by atoms with Crippen LogP contribution in [0.1, 0.15) is 0 Å². The van der Waals surface area contributed by atoms with Gasteiger partial charge in [-0.05, 0) is 36.4 Å². The molecule has 27 heavy (non-hydrogen) atoms. The normalized spacial score (nSPS) is 11.3. The van der Waals surface area contributed by atoms with Gasteiger partial charge in [0.2, 0.25) is 10.0 Å². The number of hydrogen-bond donors (Lipinski definition) is 1. The minimum atomic E-state index is -3.66. The topological polar surface area (TPSA) is 84.9 Å². The van der Waals surface area contributed by atoms with Crippen LogP contribution in [-0.4, -0.2) is 46.4 Å². The Balaban J connectivity index is 2.16. The van der Waals surface area contributed by atoms with Crippen LogP contribution < -0.4 is 14.8 Å². The van der Waals surface area contributed by atoms with Crippen LogP contribution in [0.25, 0.3) is 0 Å². The number of hydrogen-bond acceptors (Lipinski definition) is 5. The highest BCUT2D eigenvalue weighted by molar-refractivity contribution is 7.89. The Morgan fingerprint density at radius 1 is 1.11 bits per heavy atom. The number of rotatable bonds is 7. The Morgan fingerprint density at radius 3 is 2.30 bits per heavy atom. The predicted octanol–water partition coefficient (Wildman–Crippen LogP) is 3.27. The second kappa shape index (κ2) is 8.79. The molecule has 0 fully saturated rings. The van der Waals surface area contributed by atoms with E-state index in [0.717, 1.165) is 4.31 Å². The summed E-state index contributed by atoms with van der Waals surface area (Å²) in [6.45, 7) is -0.329. The van der Waals surface area contributed by atoms with Crippen molar-refractivity contribution in [2.45, 2.75) is 4.90 Å². The maximum Gasteiger partial charge on any atom is 0.262 e. The minimum absolute atomic E-state index is 0.0196. The molecule has 0 atom stereocenters. The SMILES string of the molecule is COc1ccc(S(=O)(=O)N(C)C)cc1NC(=O)COc1cc(Cl)cc(Cl)c1. The maximum atomic E-state index is 12.3. The lowest BCUT2D eigenvalue weighted by Crippen LogP contribution is -2.23. The summed E-state index contributed by atoms with van der Waals surface area (Å²) in [4.78, 5) is 12.2. The van der Waals surface area contributed by atoms with E-state index in [9.17, 15) is 13.2 Å². The molecule has 1 N–H and O–H groups in total. The van der Waals surface area contributed by atoms with Crippen molar-refractivity contribution in [3.63, 3.8) is 0 Å². The summed E-state index contributed by atoms with van der Waals surface area (Å²) < 4.78 is 36.1. The van der Waals surface area contributed by atoms with E-state index < -0.39 is 15.9 Å². The first kappa shape index (κ1) is 21.3. The van der Waals surface area contributed by atoms with E-state index in [2.05, 4.69) is 5.32 Å². The molecule has 7 nitrogen and oxygen atoms in total. The van der Waals surface area contributed by atoms with E-state index >= 15 is 0 Å². The molecule has 0 aliphatic heterocycles. The summed E-state index contributed by atoms with van der Waals surface area (Å²) >= 11 is 11.8. The second-order valence-corrected chi connectivity index (χ2v) is 8.62. The fraction of sp³-hybridized carbons (Fsp3) is 0.235. The Labute approximate surface area is 167 Å². The zero-order valence-electron chi connectivity index (χ0n) is 14.8. The largest absolute Gasteiger partial charge is 0.495 e. The van der Waals surface area contributed by atoms with Crippen LogP contribution in [-0.2, 0) is 14.8 Å². The van der Waals surface area contributed by atoms with Crippen LogP contribution in [0.2, 0.25) is 10.0 Å². The fourth-order valence-corrected chi connectivity index (χ4v) is 3.54. The van der Waals surface area contributed by atoms with Gasteiger partial charge in [-0.3, -0.25) is 4.79 Å². The van der Waals surface area contributed by atoms with Crippen molar-refractivity contribution in [1.82, 2.24) is 4.31 Å². The summed E-state index contributed by atoms with van der Waals surface area (Å²) in [6.07, 6.45) is 0. The number of sulfonamides is 1. The van der Waals surface area contributed by atoms with Gasteiger partial charge in [0.05, 0.1) is 17.7 Å². The van der Waals surface area contributed by atoms with Gasteiger partial charge in [0, 0.05) is 24.1 Å². The van der Waals surface area contributed by atoms with Gasteiger partial charge in [-0.15, -0.1) is 0 Å². The van der Waals surface area contributed by atoms with Crippen molar-refractivity contribution >= 4 is 44.8 Å². The van der Waals surface area contributed by atoms with Crippen molar-refractivity contribution in [1.29, 1.82) is 0 Å². The average molecular weight is 433 g/mol. The van der Waals surface area contributed by atoms with Gasteiger partial charge in [0.25, 0.3) is 5.91 Å². The lowest BCUT2D eigenvalue weighted by atomic mass is 10.3. The fourth-order valence-electron chi connectivity index (χ4n) is 2.10. The van der Waals surface area contributed by atoms with Crippen molar-refractivity contribution in [2.24, 2.45) is 0 Å². The molecule has 0 aliphatic carbocycles. The number of halogens is 2. The number of anilines is 1. The average Bonchev–Trinajstić information content (AvgIpc) is 2.59. The Hall–Kier alpha value is -2.00. The molecule has 2 aromatic carbocycles. The van der Waals surface area contributed by atoms with Crippen LogP contribution >= 0.6 is 23.2 Å². The van der Waals surface area contributed by atoms with E-state index in [-0.39, 0.29) is 17.2 Å². The third-order valence-corrected chi connectivity index (χ3v) is 5.68. The highest BCUT2D eigenvalue weighted by atomic mass is 35.5. The van der Waals surface area contributed by atoms with E-state index in [1.165, 1.54) is 57.6 Å². The zero-order chi connectivity index (χ0) is 20.2. The molecular formula is C17H18Cl2N2O5S. The first-order valence-corrected chi connectivity index (χ1v) is 9.82. The molecule has 2 rings (SSSR count). The summed E-state index contributed by atoms with van der Waals surface area (Å²) in [5.74, 6) is 0.134. The lowest BCUT2D eigenvalue weighted by Gasteiger charge is -2.15. The number of carbonyl (C=O) groups excluding carboxylic acids is 1. The highest BCUT2D eigenvalue weighted by Crippen LogP contribution is 2.29. The van der Waals surface area contributed by atoms with Crippen molar-refractivity contribution in [3.8, 4) is 11.5 Å². The monoisotopic (exact) mass is 432 g/mol. The molecular weight excluding hydrogens is 415 g/mol. The number of benzene rings is 2. The third-order valence-electron chi connectivity index (χ3n) is 3.43. The van der Waals surface area contributed by atoms with Gasteiger partial charge in [-0.1, -0.05) is 23.2 Å². The van der Waals surface area contributed by atoms with Crippen LogP contribution in [0.3, 0.4) is 0 Å². The smallest absolute Gasteiger partial charge is 0.262 e. The van der Waals surface area contributed by atoms with Crippen molar-refractivity contribution < 1.29 is 22.7 Å². The van der Waals surface area contributed by atoms with Crippen LogP contribution in [0.15, 0.2) is 41.3 Å². The number of carbonyl (C=O) groups is 1. The van der Waals surface area contributed by atoms with Gasteiger partial charge >= 0.3 is 0 Å². The van der Waals surface area contributed by atoms with E-state index in [1.54, 1.807) is 0 Å². The molecule has 0 spiro atoms. The summed E-state index contributed by atoms with van der Waals surface area (Å²) in [7, 11) is 0.590. The third kappa shape index (κ3) is 5.49. The molecule has 0 aliphatic rings. The van der Waals surface area contributed by atoms with Crippen molar-refractivity contribution in [2.75, 3.05) is 33.1 Å². The quantitative estimate of drug-likeness (QED) is 0.725. The van der Waals surface area contributed by atoms with Crippen LogP contribution in [0, 0.1) is 0 Å². The second-order valence-electron chi connectivity index (χ2n) is 5.59. The molecule has 0 saturated heterocycles. The molecule has 0 saturated carbocycles. The van der Waals surface area contributed by atoms with E-state index in [4.69, 9.17) is 32.7 Å². The van der Waals surface area contributed by atoms with Crippen LogP contribution in [0.4, 0.5) is 5.69 Å². The number of amides is 1. The van der Waals surface area contributed by atoms with E-state index in [0.29, 0.717) is 21.5 Å². The molecule has 0 bridgehead atoms. The summed E-state index contributed by atoms with van der Waals surface area (Å²) in [6, 6.07) is 8.76. The van der Waals surface area contributed by atoms with Crippen molar-refractivity contribution in [3.05, 3.63) is 46.4 Å². The Bertz CT molecular complexity index is 928. The molecule has 1 amide bonds. The highest BCUT2D eigenvalue weighted by Gasteiger charge is 2.20. The zero-order valence-corrected chi connectivity index (χ0v) is 17.2. The van der Waals surface area contributed by atoms with E-state index in [1.807, 2.05) is 0 Å². The number of nitrogens with zero attached hydrogens (tertiary/aromatic N) is 1. The number of nitrogens with one attached hydrogen (secondary N) is 1. The molecule has 146 valence electrons. The van der Waals surface area contributed by atoms with Gasteiger partial charge < -0.3 is 14.8 Å². The minimum Gasteiger partial charge on any atom is -0.495 e. The van der Waals surface area contributed by atoms with Gasteiger partial charge in [0.1, 0.15) is 11.5 Å². The van der Waals surface area contributed by atoms with Gasteiger partial charge in [-0.25, -0.2) is 12.7 Å². The number of methoxy groups -OCH3 is 1. The first-order valence-electron chi connectivity index (χ1n) is 7.63. The van der Waals surface area contributed by atoms with Gasteiger partial charge in [-0.2, -0.15) is 0 Å². The predicted molar refractivity (Wildman–Crippen MR) is 104 cm³/mol. The molecule has 0 aromatic heterocycles. The Kier molecular flexibility index (Phi) is 6.94. The maximum absolute atomic E-state index is 12.3. The lowest BCUT2D eigenvalue weighted by molar-refractivity contribution is -0.118. The molecule has 2 aromatic rings. The summed E-state index contributed by atoms with van der Waals surface area (Å²) in [5.41, 5.74) is 0.207. The molecule has 0 heterocycles. The molecule has 10 heteroatoms. The molecule has 0 unspecified atom stereocenters. The summed E-state index contributed by atoms with van der Waals surface area (Å²) in [5, 5.41) is 3.33. The first-order chi connectivity index (χ1) is 12.6. The van der Waals surface area contributed by atoms with Gasteiger partial charge in [0.15, 0.2) is 6.61 Å². The number of ether oxygens (including phenoxy) is 2. The standard InChI is InChI=1S/C17H18Cl2N2O5S/c1-21(2)27(23,24)14-4-5-16(25-3)15(9-14)20-17(22)10-26-13-7-11(18)6-12(19)8-13/h4-9H,10H2,1-3H3,(H,20,22). The Morgan fingerprint density at radius 2 is 1.74 bits per heavy atom.